The molecule has 1 aliphatic carbocycles. The van der Waals surface area contributed by atoms with Crippen LogP contribution >= 0.6 is 0 Å². The van der Waals surface area contributed by atoms with Crippen LogP contribution in [0.15, 0.2) is 18.2 Å². The molecular formula is C24H43NO2. The number of nitrogens with one attached hydrogen (secondary N) is 1. The highest BCUT2D eigenvalue weighted by molar-refractivity contribution is 5.85. The summed E-state index contributed by atoms with van der Waals surface area (Å²) in [6, 6.07) is 6.23. The van der Waals surface area contributed by atoms with Crippen LogP contribution in [0.5, 0.6) is 0 Å². The van der Waals surface area contributed by atoms with E-state index in [0.717, 1.165) is 5.69 Å². The first-order valence-electron chi connectivity index (χ1n) is 10.4. The molecule has 2 rings (SSSR count). The van der Waals surface area contributed by atoms with Crippen molar-refractivity contribution in [2.45, 2.75) is 106 Å². The predicted octanol–water partition coefficient (Wildman–Crippen LogP) is 7.68. The van der Waals surface area contributed by atoms with Crippen molar-refractivity contribution < 1.29 is 9.53 Å². The van der Waals surface area contributed by atoms with Crippen LogP contribution in [0.2, 0.25) is 0 Å². The fraction of sp³-hybridized carbons (Fsp3) is 0.708. The van der Waals surface area contributed by atoms with Gasteiger partial charge in [-0.2, -0.15) is 0 Å². The van der Waals surface area contributed by atoms with E-state index in [-0.39, 0.29) is 16.2 Å². The van der Waals surface area contributed by atoms with Gasteiger partial charge in [0, 0.05) is 5.69 Å². The molecule has 0 saturated carbocycles. The maximum Gasteiger partial charge on any atom is 0.412 e. The first-order chi connectivity index (χ1) is 12.2. The van der Waals surface area contributed by atoms with E-state index in [2.05, 4.69) is 59.0 Å². The normalized spacial score (nSPS) is 18.1. The van der Waals surface area contributed by atoms with Crippen molar-refractivity contribution in [1.29, 1.82) is 0 Å². The van der Waals surface area contributed by atoms with Gasteiger partial charge < -0.3 is 4.74 Å². The average molecular weight is 378 g/mol. The Labute approximate surface area is 168 Å². The van der Waals surface area contributed by atoms with Gasteiger partial charge in [0.05, 0.1) is 0 Å². The molecule has 0 aliphatic heterocycles. The molecule has 1 aromatic carbocycles. The lowest BCUT2D eigenvalue weighted by molar-refractivity contribution is 0.0636. The van der Waals surface area contributed by atoms with Crippen molar-refractivity contribution in [3.63, 3.8) is 0 Å². The fourth-order valence-electron chi connectivity index (χ4n) is 3.56. The minimum atomic E-state index is -0.496. The van der Waals surface area contributed by atoms with E-state index in [0.29, 0.717) is 0 Å². The number of rotatable bonds is 1. The molecule has 1 aromatic rings. The van der Waals surface area contributed by atoms with Gasteiger partial charge in [-0.25, -0.2) is 4.79 Å². The molecule has 3 heteroatoms. The van der Waals surface area contributed by atoms with Crippen LogP contribution < -0.4 is 5.32 Å². The number of carbonyl (C=O) groups excluding carboxylic acids is 1. The minimum Gasteiger partial charge on any atom is -0.444 e. The van der Waals surface area contributed by atoms with Gasteiger partial charge in [0.1, 0.15) is 5.60 Å². The van der Waals surface area contributed by atoms with Crippen molar-refractivity contribution in [1.82, 2.24) is 0 Å². The van der Waals surface area contributed by atoms with Gasteiger partial charge in [-0.05, 0) is 60.3 Å². The summed E-state index contributed by atoms with van der Waals surface area (Å²) in [5, 5.41) is 2.86. The van der Waals surface area contributed by atoms with Crippen LogP contribution in [-0.4, -0.2) is 11.7 Å². The molecule has 0 fully saturated rings. The van der Waals surface area contributed by atoms with E-state index >= 15 is 0 Å². The summed E-state index contributed by atoms with van der Waals surface area (Å²) >= 11 is 0. The van der Waals surface area contributed by atoms with Gasteiger partial charge in [0.15, 0.2) is 0 Å². The Balaban J connectivity index is 0.00000158. The van der Waals surface area contributed by atoms with Crippen molar-refractivity contribution in [2.24, 2.45) is 5.41 Å². The van der Waals surface area contributed by atoms with E-state index in [1.807, 2.05) is 54.5 Å². The lowest BCUT2D eigenvalue weighted by Gasteiger charge is -2.44. The zero-order valence-corrected chi connectivity index (χ0v) is 20.0. The van der Waals surface area contributed by atoms with Gasteiger partial charge >= 0.3 is 6.09 Å². The standard InChI is InChI=1S/C20H31NO2.2C2H6/c1-17(2,3)23-16(22)21-13-10-11-14-15(12-13)19(6,7)20(8,9)18(14,4)5;2*1-2/h10-12H,1-9H3,(H,21,22);2*1-2H3. The summed E-state index contributed by atoms with van der Waals surface area (Å²) in [7, 11) is 0. The lowest BCUT2D eigenvalue weighted by atomic mass is 9.59. The molecule has 0 atom stereocenters. The monoisotopic (exact) mass is 377 g/mol. The summed E-state index contributed by atoms with van der Waals surface area (Å²) in [4.78, 5) is 12.0. The quantitative estimate of drug-likeness (QED) is 0.545. The number of anilines is 1. The molecule has 0 spiro atoms. The highest BCUT2D eigenvalue weighted by Gasteiger charge is 2.56. The second-order valence-corrected chi connectivity index (χ2v) is 9.26. The minimum absolute atomic E-state index is 0.0253. The van der Waals surface area contributed by atoms with E-state index in [9.17, 15) is 4.79 Å². The topological polar surface area (TPSA) is 38.3 Å². The number of benzene rings is 1. The molecule has 3 nitrogen and oxygen atoms in total. The third-order valence-electron chi connectivity index (χ3n) is 6.14. The van der Waals surface area contributed by atoms with Crippen LogP contribution in [0.3, 0.4) is 0 Å². The first-order valence-corrected chi connectivity index (χ1v) is 10.4. The zero-order valence-electron chi connectivity index (χ0n) is 20.0. The molecular weight excluding hydrogens is 334 g/mol. The fourth-order valence-corrected chi connectivity index (χ4v) is 3.56. The van der Waals surface area contributed by atoms with Crippen molar-refractivity contribution in [3.8, 4) is 0 Å². The number of ether oxygens (including phenoxy) is 1. The van der Waals surface area contributed by atoms with Gasteiger partial charge in [0.2, 0.25) is 0 Å². The van der Waals surface area contributed by atoms with Crippen molar-refractivity contribution >= 4 is 11.8 Å². The van der Waals surface area contributed by atoms with E-state index < -0.39 is 11.7 Å². The molecule has 27 heavy (non-hydrogen) atoms. The third kappa shape index (κ3) is 4.86. The van der Waals surface area contributed by atoms with Gasteiger partial charge in [0.25, 0.3) is 0 Å². The maximum absolute atomic E-state index is 12.0. The summed E-state index contributed by atoms with van der Waals surface area (Å²) in [6.45, 7) is 27.4. The molecule has 0 bridgehead atoms. The first kappa shape index (κ1) is 25.5. The smallest absolute Gasteiger partial charge is 0.412 e. The Hall–Kier alpha value is -1.51. The van der Waals surface area contributed by atoms with Crippen LogP contribution in [0.25, 0.3) is 0 Å². The SMILES string of the molecule is CC.CC.CC(C)(C)OC(=O)Nc1ccc2c(c1)C(C)(C)C(C)(C)C2(C)C. The number of hydrogen-bond acceptors (Lipinski definition) is 2. The van der Waals surface area contributed by atoms with Crippen LogP contribution in [0.4, 0.5) is 10.5 Å². The number of fused-ring (bicyclic) bond motifs is 1. The van der Waals surface area contributed by atoms with Crippen molar-refractivity contribution in [3.05, 3.63) is 29.3 Å². The molecule has 1 N–H and O–H groups in total. The maximum atomic E-state index is 12.0. The number of hydrogen-bond donors (Lipinski definition) is 1. The lowest BCUT2D eigenvalue weighted by Crippen LogP contribution is -2.42. The summed E-state index contributed by atoms with van der Waals surface area (Å²) < 4.78 is 5.34. The van der Waals surface area contributed by atoms with Crippen LogP contribution in [0, 0.1) is 5.41 Å². The molecule has 1 aliphatic rings. The van der Waals surface area contributed by atoms with Gasteiger partial charge in [-0.15, -0.1) is 0 Å². The molecule has 0 heterocycles. The summed E-state index contributed by atoms with van der Waals surface area (Å²) in [5.41, 5.74) is 3.19. The molecule has 156 valence electrons. The summed E-state index contributed by atoms with van der Waals surface area (Å²) in [5.74, 6) is 0. The highest BCUT2D eigenvalue weighted by atomic mass is 16.6. The average Bonchev–Trinajstić information content (AvgIpc) is 2.65. The second-order valence-electron chi connectivity index (χ2n) is 9.26. The van der Waals surface area contributed by atoms with Crippen molar-refractivity contribution in [2.75, 3.05) is 5.32 Å². The van der Waals surface area contributed by atoms with E-state index in [1.54, 1.807) is 0 Å². The zero-order chi connectivity index (χ0) is 21.8. The Bertz CT molecular complexity index is 634. The highest BCUT2D eigenvalue weighted by Crippen LogP contribution is 2.61. The van der Waals surface area contributed by atoms with Gasteiger partial charge in [-0.3, -0.25) is 5.32 Å². The predicted molar refractivity (Wildman–Crippen MR) is 119 cm³/mol. The summed E-state index contributed by atoms with van der Waals surface area (Å²) in [6.07, 6.45) is -0.410. The molecule has 0 aromatic heterocycles. The Morgan fingerprint density at radius 3 is 1.74 bits per heavy atom. The molecule has 0 saturated heterocycles. The Morgan fingerprint density at radius 2 is 1.30 bits per heavy atom. The largest absolute Gasteiger partial charge is 0.444 e. The second kappa shape index (κ2) is 8.67. The number of amides is 1. The third-order valence-corrected chi connectivity index (χ3v) is 6.14. The molecule has 1 amide bonds. The number of carbonyl (C=O) groups is 1. The molecule has 0 unspecified atom stereocenters. The molecule has 0 radical (unpaired) electrons. The Kier molecular flexibility index (Phi) is 8.18. The van der Waals surface area contributed by atoms with E-state index in [4.69, 9.17) is 4.74 Å². The van der Waals surface area contributed by atoms with Gasteiger partial charge in [-0.1, -0.05) is 75.3 Å². The Morgan fingerprint density at radius 1 is 0.852 bits per heavy atom. The van der Waals surface area contributed by atoms with Crippen LogP contribution in [-0.2, 0) is 15.6 Å². The van der Waals surface area contributed by atoms with E-state index in [1.165, 1.54) is 11.1 Å². The van der Waals surface area contributed by atoms with Crippen LogP contribution in [0.1, 0.15) is 101 Å².